The maximum absolute atomic E-state index is 3.60. The molecule has 1 radical (unpaired) electrons. The fraction of sp³-hybridized carbons (Fsp3) is 0.750. The van der Waals surface area contributed by atoms with E-state index in [0.717, 1.165) is 6.42 Å². The summed E-state index contributed by atoms with van der Waals surface area (Å²) in [4.78, 5) is 0. The van der Waals surface area contributed by atoms with Crippen molar-refractivity contribution >= 4 is 0 Å². The quantitative estimate of drug-likeness (QED) is 0.403. The number of rotatable bonds is 1. The van der Waals surface area contributed by atoms with Gasteiger partial charge in [-0.2, -0.15) is 6.42 Å². The van der Waals surface area contributed by atoms with Crippen LogP contribution in [0.15, 0.2) is 0 Å². The minimum absolute atomic E-state index is 0. The first-order valence-corrected chi connectivity index (χ1v) is 1.71. The standard InChI is InChI=1S/C4H9.Rh/c1-3-4-2;/h1,3-4H2,2H3;/q-1;. The van der Waals surface area contributed by atoms with Gasteiger partial charge in [0.05, 0.1) is 0 Å². The summed E-state index contributed by atoms with van der Waals surface area (Å²) in [6.07, 6.45) is 2.28. The zero-order valence-electron chi connectivity index (χ0n) is 3.45. The van der Waals surface area contributed by atoms with Crippen LogP contribution in [0.25, 0.3) is 0 Å². The molecule has 35 valence electrons. The van der Waals surface area contributed by atoms with Gasteiger partial charge in [0, 0.05) is 19.5 Å². The van der Waals surface area contributed by atoms with Crippen molar-refractivity contribution in [2.75, 3.05) is 0 Å². The maximum atomic E-state index is 3.60. The average Bonchev–Trinajstić information content (AvgIpc) is 1.37. The molecule has 0 unspecified atom stereocenters. The van der Waals surface area contributed by atoms with Gasteiger partial charge >= 0.3 is 0 Å². The first kappa shape index (κ1) is 9.16. The molecule has 0 aromatic heterocycles. The van der Waals surface area contributed by atoms with Crippen LogP contribution in [0.2, 0.25) is 0 Å². The van der Waals surface area contributed by atoms with Crippen LogP contribution in [0.5, 0.6) is 0 Å². The van der Waals surface area contributed by atoms with Gasteiger partial charge in [0.1, 0.15) is 0 Å². The Morgan fingerprint density at radius 2 is 1.80 bits per heavy atom. The minimum atomic E-state index is 0. The Kier molecular flexibility index (Phi) is 16.2. The van der Waals surface area contributed by atoms with Crippen molar-refractivity contribution < 1.29 is 19.5 Å². The summed E-state index contributed by atoms with van der Waals surface area (Å²) >= 11 is 0. The molecule has 0 nitrogen and oxygen atoms in total. The second-order valence-corrected chi connectivity index (χ2v) is 0.854. The molecule has 0 N–H and O–H groups in total. The number of unbranched alkanes of at least 4 members (excludes halogenated alkanes) is 1. The molecule has 0 aromatic rings. The van der Waals surface area contributed by atoms with Crippen molar-refractivity contribution in [1.82, 2.24) is 0 Å². The third-order valence-corrected chi connectivity index (χ3v) is 0.354. The molecule has 0 aliphatic carbocycles. The van der Waals surface area contributed by atoms with E-state index in [4.69, 9.17) is 0 Å². The van der Waals surface area contributed by atoms with Crippen molar-refractivity contribution in [3.05, 3.63) is 6.92 Å². The second-order valence-electron chi connectivity index (χ2n) is 0.854. The second kappa shape index (κ2) is 8.82. The summed E-state index contributed by atoms with van der Waals surface area (Å²) in [6, 6.07) is 0. The van der Waals surface area contributed by atoms with E-state index in [9.17, 15) is 0 Å². The Balaban J connectivity index is 0. The predicted octanol–water partition coefficient (Wildman–Crippen LogP) is 1.62. The van der Waals surface area contributed by atoms with E-state index in [0.29, 0.717) is 0 Å². The third-order valence-electron chi connectivity index (χ3n) is 0.354. The maximum Gasteiger partial charge on any atom is 0 e. The molecule has 0 rings (SSSR count). The predicted molar refractivity (Wildman–Crippen MR) is 20.3 cm³/mol. The Morgan fingerprint density at radius 3 is 1.80 bits per heavy atom. The number of hydrogen-bond donors (Lipinski definition) is 0. The van der Waals surface area contributed by atoms with Gasteiger partial charge in [-0.3, -0.25) is 0 Å². The first-order valence-electron chi connectivity index (χ1n) is 1.71. The Labute approximate surface area is 46.7 Å². The normalized spacial score (nSPS) is 6.00. The molecule has 0 fully saturated rings. The molecule has 0 aliphatic rings. The summed E-state index contributed by atoms with van der Waals surface area (Å²) in [5.74, 6) is 0. The topological polar surface area (TPSA) is 0 Å². The summed E-state index contributed by atoms with van der Waals surface area (Å²) < 4.78 is 0. The smallest absolute Gasteiger partial charge is 0 e. The van der Waals surface area contributed by atoms with Crippen LogP contribution >= 0.6 is 0 Å². The zero-order chi connectivity index (χ0) is 3.41. The molecule has 0 aromatic carbocycles. The van der Waals surface area contributed by atoms with Gasteiger partial charge in [-0.15, -0.1) is 0 Å². The van der Waals surface area contributed by atoms with Crippen molar-refractivity contribution in [2.24, 2.45) is 0 Å². The summed E-state index contributed by atoms with van der Waals surface area (Å²) in [6.45, 7) is 5.72. The van der Waals surface area contributed by atoms with E-state index in [2.05, 4.69) is 13.8 Å². The molecular weight excluding hydrogens is 151 g/mol. The van der Waals surface area contributed by atoms with E-state index in [1.165, 1.54) is 6.42 Å². The van der Waals surface area contributed by atoms with Crippen LogP contribution in [0.3, 0.4) is 0 Å². The Hall–Kier alpha value is 0.623. The van der Waals surface area contributed by atoms with Crippen molar-refractivity contribution in [3.63, 3.8) is 0 Å². The van der Waals surface area contributed by atoms with Crippen LogP contribution < -0.4 is 0 Å². The summed E-state index contributed by atoms with van der Waals surface area (Å²) in [7, 11) is 0. The van der Waals surface area contributed by atoms with Gasteiger partial charge in [0.25, 0.3) is 0 Å². The van der Waals surface area contributed by atoms with Gasteiger partial charge in [-0.05, 0) is 0 Å². The van der Waals surface area contributed by atoms with E-state index >= 15 is 0 Å². The van der Waals surface area contributed by atoms with Crippen molar-refractivity contribution in [3.8, 4) is 0 Å². The summed E-state index contributed by atoms with van der Waals surface area (Å²) in [5.41, 5.74) is 0. The Morgan fingerprint density at radius 1 is 1.60 bits per heavy atom. The van der Waals surface area contributed by atoms with Crippen molar-refractivity contribution in [1.29, 1.82) is 0 Å². The monoisotopic (exact) mass is 160 g/mol. The zero-order valence-corrected chi connectivity index (χ0v) is 5.09. The van der Waals surface area contributed by atoms with E-state index in [-0.39, 0.29) is 19.5 Å². The molecule has 0 bridgehead atoms. The molecule has 0 atom stereocenters. The van der Waals surface area contributed by atoms with E-state index < -0.39 is 0 Å². The minimum Gasteiger partial charge on any atom is -0.343 e. The van der Waals surface area contributed by atoms with Gasteiger partial charge in [-0.25, -0.2) is 0 Å². The SMILES string of the molecule is [CH2-]CCC.[Rh]. The van der Waals surface area contributed by atoms with Gasteiger partial charge in [0.15, 0.2) is 0 Å². The van der Waals surface area contributed by atoms with Crippen LogP contribution in [0.1, 0.15) is 19.8 Å². The first-order chi connectivity index (χ1) is 1.91. The van der Waals surface area contributed by atoms with Crippen LogP contribution in [0, 0.1) is 6.92 Å². The molecule has 1 heteroatoms. The van der Waals surface area contributed by atoms with Crippen LogP contribution in [-0.4, -0.2) is 0 Å². The molecule has 0 spiro atoms. The summed E-state index contributed by atoms with van der Waals surface area (Å²) in [5, 5.41) is 0. The van der Waals surface area contributed by atoms with E-state index in [1.807, 2.05) is 0 Å². The largest absolute Gasteiger partial charge is 0.343 e. The molecule has 0 saturated carbocycles. The van der Waals surface area contributed by atoms with Crippen molar-refractivity contribution in [2.45, 2.75) is 19.8 Å². The van der Waals surface area contributed by atoms with Crippen LogP contribution in [0.4, 0.5) is 0 Å². The number of hydrogen-bond acceptors (Lipinski definition) is 0. The third kappa shape index (κ3) is 12.1. The van der Waals surface area contributed by atoms with Gasteiger partial charge in [0.2, 0.25) is 0 Å². The molecule has 0 amide bonds. The molecule has 0 heterocycles. The molecule has 0 aliphatic heterocycles. The molecular formula is C4H9Rh-. The fourth-order valence-electron chi connectivity index (χ4n) is 0. The average molecular weight is 160 g/mol. The van der Waals surface area contributed by atoms with Gasteiger partial charge < -0.3 is 6.92 Å². The van der Waals surface area contributed by atoms with Crippen LogP contribution in [-0.2, 0) is 19.5 Å². The molecule has 5 heavy (non-hydrogen) atoms. The fourth-order valence-corrected chi connectivity index (χ4v) is 0. The van der Waals surface area contributed by atoms with Gasteiger partial charge in [-0.1, -0.05) is 13.3 Å². The Bertz CT molecular complexity index is 5.61. The molecule has 0 saturated heterocycles. The van der Waals surface area contributed by atoms with E-state index in [1.54, 1.807) is 0 Å².